The Labute approximate surface area is 152 Å². The second-order valence-corrected chi connectivity index (χ2v) is 6.32. The molecule has 6 heteroatoms. The van der Waals surface area contributed by atoms with Crippen LogP contribution in [-0.2, 0) is 0 Å². The molecule has 0 radical (unpaired) electrons. The van der Waals surface area contributed by atoms with E-state index in [1.165, 1.54) is 0 Å². The number of benzene rings is 1. The van der Waals surface area contributed by atoms with E-state index in [-0.39, 0.29) is 5.91 Å². The van der Waals surface area contributed by atoms with Crippen LogP contribution in [0.2, 0.25) is 0 Å². The Morgan fingerprint density at radius 1 is 1.19 bits per heavy atom. The van der Waals surface area contributed by atoms with E-state index in [4.69, 9.17) is 5.73 Å². The molecule has 4 N–H and O–H groups in total. The molecule has 26 heavy (non-hydrogen) atoms. The number of carbonyl (C=O) groups is 1. The van der Waals surface area contributed by atoms with Crippen LogP contribution in [0.15, 0.2) is 42.9 Å². The number of nitrogens with zero attached hydrogens (tertiary/aromatic N) is 2. The number of H-pyrrole nitrogens is 2. The van der Waals surface area contributed by atoms with Crippen molar-refractivity contribution in [1.82, 2.24) is 20.1 Å². The lowest BCUT2D eigenvalue weighted by Crippen LogP contribution is -2.21. The molecule has 0 aliphatic heterocycles. The summed E-state index contributed by atoms with van der Waals surface area (Å²) in [7, 11) is 3.50. The summed E-state index contributed by atoms with van der Waals surface area (Å²) in [5.41, 5.74) is 12.0. The molecular weight excluding hydrogens is 326 g/mol. The van der Waals surface area contributed by atoms with Crippen LogP contribution in [0.1, 0.15) is 34.8 Å². The first-order chi connectivity index (χ1) is 12.5. The second-order valence-electron chi connectivity index (χ2n) is 6.32. The molecule has 134 valence electrons. The first-order valence-electron chi connectivity index (χ1n) is 8.50. The zero-order valence-corrected chi connectivity index (χ0v) is 15.2. The van der Waals surface area contributed by atoms with Gasteiger partial charge in [0, 0.05) is 48.7 Å². The predicted molar refractivity (Wildman–Crippen MR) is 105 cm³/mol. The Morgan fingerprint density at radius 3 is 2.46 bits per heavy atom. The quantitative estimate of drug-likeness (QED) is 0.657. The summed E-state index contributed by atoms with van der Waals surface area (Å²) in [6.07, 6.45) is 8.44. The smallest absolute Gasteiger partial charge is 0.253 e. The Balaban J connectivity index is 1.97. The van der Waals surface area contributed by atoms with Crippen molar-refractivity contribution in [2.24, 2.45) is 0 Å². The number of rotatable bonds is 5. The van der Waals surface area contributed by atoms with Crippen molar-refractivity contribution < 1.29 is 4.79 Å². The Morgan fingerprint density at radius 2 is 1.88 bits per heavy atom. The van der Waals surface area contributed by atoms with Gasteiger partial charge in [0.1, 0.15) is 5.82 Å². The van der Waals surface area contributed by atoms with Crippen LogP contribution in [0.3, 0.4) is 0 Å². The van der Waals surface area contributed by atoms with Crippen molar-refractivity contribution in [3.63, 3.8) is 0 Å². The minimum Gasteiger partial charge on any atom is -0.385 e. The molecule has 0 aliphatic rings. The molecule has 0 saturated heterocycles. The van der Waals surface area contributed by atoms with E-state index in [1.54, 1.807) is 25.2 Å². The van der Waals surface area contributed by atoms with E-state index in [1.807, 2.05) is 36.7 Å². The molecule has 0 aliphatic carbocycles. The standard InChI is InChI=1S/C20H23N5O/c1-4-13(14-5-7-15(8-6-14)20(26)25(2)3)9-17-18(12-22-19(17)21)16-10-23-24-11-16/h5-12,22H,4,21H2,1-3H3,(H,23,24)/b13-9+. The first kappa shape index (κ1) is 17.5. The maximum Gasteiger partial charge on any atom is 0.253 e. The highest BCUT2D eigenvalue weighted by molar-refractivity contribution is 5.95. The minimum absolute atomic E-state index is 0.00398. The van der Waals surface area contributed by atoms with Crippen LogP contribution in [-0.4, -0.2) is 40.1 Å². The van der Waals surface area contributed by atoms with Crippen molar-refractivity contribution in [1.29, 1.82) is 0 Å². The van der Waals surface area contributed by atoms with E-state index in [0.717, 1.165) is 34.2 Å². The summed E-state index contributed by atoms with van der Waals surface area (Å²) in [6.45, 7) is 2.10. The van der Waals surface area contributed by atoms with Gasteiger partial charge in [0.25, 0.3) is 5.91 Å². The topological polar surface area (TPSA) is 90.8 Å². The lowest BCUT2D eigenvalue weighted by atomic mass is 9.97. The molecule has 1 amide bonds. The van der Waals surface area contributed by atoms with Gasteiger partial charge in [-0.25, -0.2) is 0 Å². The number of allylic oxidation sites excluding steroid dienone is 1. The number of amides is 1. The van der Waals surface area contributed by atoms with Crippen LogP contribution in [0.25, 0.3) is 22.8 Å². The molecule has 1 aromatic carbocycles. The van der Waals surface area contributed by atoms with Crippen molar-refractivity contribution in [3.05, 3.63) is 59.5 Å². The average molecular weight is 349 g/mol. The lowest BCUT2D eigenvalue weighted by molar-refractivity contribution is 0.0827. The van der Waals surface area contributed by atoms with Crippen LogP contribution < -0.4 is 5.73 Å². The highest BCUT2D eigenvalue weighted by Gasteiger charge is 2.12. The van der Waals surface area contributed by atoms with Gasteiger partial charge in [-0.1, -0.05) is 19.1 Å². The molecular formula is C20H23N5O. The number of hydrogen-bond acceptors (Lipinski definition) is 3. The second kappa shape index (κ2) is 7.31. The molecule has 0 bridgehead atoms. The van der Waals surface area contributed by atoms with Crippen molar-refractivity contribution in [2.75, 3.05) is 19.8 Å². The Kier molecular flexibility index (Phi) is 4.93. The molecule has 6 nitrogen and oxygen atoms in total. The number of aromatic nitrogens is 3. The summed E-state index contributed by atoms with van der Waals surface area (Å²) in [5, 5.41) is 6.84. The molecule has 2 aromatic heterocycles. The number of anilines is 1. The van der Waals surface area contributed by atoms with Gasteiger partial charge in [-0.15, -0.1) is 0 Å². The zero-order chi connectivity index (χ0) is 18.7. The van der Waals surface area contributed by atoms with Gasteiger partial charge in [-0.05, 0) is 35.8 Å². The fourth-order valence-corrected chi connectivity index (χ4v) is 2.89. The van der Waals surface area contributed by atoms with E-state index in [2.05, 4.69) is 28.2 Å². The Bertz CT molecular complexity index is 918. The predicted octanol–water partition coefficient (Wildman–Crippen LogP) is 3.64. The van der Waals surface area contributed by atoms with E-state index in [9.17, 15) is 4.79 Å². The molecule has 0 spiro atoms. The maximum atomic E-state index is 12.1. The largest absolute Gasteiger partial charge is 0.385 e. The highest BCUT2D eigenvalue weighted by atomic mass is 16.2. The highest BCUT2D eigenvalue weighted by Crippen LogP contribution is 2.32. The average Bonchev–Trinajstić information content (AvgIpc) is 3.29. The maximum absolute atomic E-state index is 12.1. The summed E-state index contributed by atoms with van der Waals surface area (Å²) in [4.78, 5) is 16.7. The van der Waals surface area contributed by atoms with Gasteiger partial charge in [0.05, 0.1) is 6.20 Å². The first-order valence-corrected chi connectivity index (χ1v) is 8.50. The van der Waals surface area contributed by atoms with Gasteiger partial charge in [0.2, 0.25) is 0 Å². The van der Waals surface area contributed by atoms with Crippen LogP contribution in [0.4, 0.5) is 5.82 Å². The molecule has 0 fully saturated rings. The summed E-state index contributed by atoms with van der Waals surface area (Å²) < 4.78 is 0. The zero-order valence-electron chi connectivity index (χ0n) is 15.2. The third kappa shape index (κ3) is 3.39. The van der Waals surface area contributed by atoms with Crippen LogP contribution in [0.5, 0.6) is 0 Å². The van der Waals surface area contributed by atoms with E-state index in [0.29, 0.717) is 11.4 Å². The minimum atomic E-state index is -0.00398. The Hall–Kier alpha value is -3.28. The van der Waals surface area contributed by atoms with E-state index < -0.39 is 0 Å². The number of carbonyl (C=O) groups excluding carboxylic acids is 1. The molecule has 0 atom stereocenters. The molecule has 2 heterocycles. The van der Waals surface area contributed by atoms with E-state index >= 15 is 0 Å². The number of nitrogen functional groups attached to an aromatic ring is 1. The van der Waals surface area contributed by atoms with Crippen LogP contribution >= 0.6 is 0 Å². The van der Waals surface area contributed by atoms with Crippen LogP contribution in [0, 0.1) is 0 Å². The summed E-state index contributed by atoms with van der Waals surface area (Å²) in [5.74, 6) is 0.613. The fourth-order valence-electron chi connectivity index (χ4n) is 2.89. The molecule has 0 unspecified atom stereocenters. The fraction of sp³-hybridized carbons (Fsp3) is 0.200. The normalized spacial score (nSPS) is 11.6. The van der Waals surface area contributed by atoms with Crippen molar-refractivity contribution in [3.8, 4) is 11.1 Å². The monoisotopic (exact) mass is 349 g/mol. The lowest BCUT2D eigenvalue weighted by Gasteiger charge is -2.11. The third-order valence-electron chi connectivity index (χ3n) is 4.37. The number of nitrogens with two attached hydrogens (primary N) is 1. The third-order valence-corrected chi connectivity index (χ3v) is 4.37. The van der Waals surface area contributed by atoms with Gasteiger partial charge in [-0.2, -0.15) is 5.10 Å². The van der Waals surface area contributed by atoms with Gasteiger partial charge in [-0.3, -0.25) is 9.89 Å². The van der Waals surface area contributed by atoms with Crippen molar-refractivity contribution >= 4 is 23.4 Å². The summed E-state index contributed by atoms with van der Waals surface area (Å²) in [6, 6.07) is 7.68. The van der Waals surface area contributed by atoms with Gasteiger partial charge in [0.15, 0.2) is 0 Å². The van der Waals surface area contributed by atoms with Crippen molar-refractivity contribution in [2.45, 2.75) is 13.3 Å². The molecule has 3 aromatic rings. The van der Waals surface area contributed by atoms with Gasteiger partial charge >= 0.3 is 0 Å². The molecule has 3 rings (SSSR count). The molecule has 0 saturated carbocycles. The number of nitrogens with one attached hydrogen (secondary N) is 2. The summed E-state index contributed by atoms with van der Waals surface area (Å²) >= 11 is 0. The number of aromatic amines is 2. The SMILES string of the molecule is CC/C(=C\c1c(-c2cn[nH]c2)c[nH]c1N)c1ccc(C(=O)N(C)C)cc1. The number of hydrogen-bond donors (Lipinski definition) is 3. The van der Waals surface area contributed by atoms with Gasteiger partial charge < -0.3 is 15.6 Å².